The van der Waals surface area contributed by atoms with Crippen LogP contribution in [0.15, 0.2) is 48.5 Å². The fourth-order valence-electron chi connectivity index (χ4n) is 3.91. The van der Waals surface area contributed by atoms with Gasteiger partial charge in [-0.2, -0.15) is 0 Å². The summed E-state index contributed by atoms with van der Waals surface area (Å²) in [5.74, 6) is -0.0474. The van der Waals surface area contributed by atoms with Crippen molar-refractivity contribution in [3.63, 3.8) is 0 Å². The van der Waals surface area contributed by atoms with E-state index in [4.69, 9.17) is 5.73 Å². The van der Waals surface area contributed by atoms with Crippen LogP contribution in [-0.2, 0) is 10.2 Å². The molecule has 1 fully saturated rings. The zero-order valence-corrected chi connectivity index (χ0v) is 18.7. The molecule has 30 heavy (non-hydrogen) atoms. The summed E-state index contributed by atoms with van der Waals surface area (Å²) >= 11 is 0. The number of hydrogen-bond acceptors (Lipinski definition) is 3. The summed E-state index contributed by atoms with van der Waals surface area (Å²) in [6, 6.07) is 14.9. The number of halogens is 1. The Kier molecular flexibility index (Phi) is 8.04. The maximum absolute atomic E-state index is 12.7. The molecule has 0 bridgehead atoms. The first-order valence-electron chi connectivity index (χ1n) is 10.3. The minimum Gasteiger partial charge on any atom is -0.330 e. The van der Waals surface area contributed by atoms with Gasteiger partial charge in [-0.15, -0.1) is 12.4 Å². The van der Waals surface area contributed by atoms with Gasteiger partial charge in [-0.25, -0.2) is 0 Å². The highest BCUT2D eigenvalue weighted by Gasteiger charge is 2.32. The van der Waals surface area contributed by atoms with Crippen LogP contribution in [0.4, 0.5) is 11.4 Å². The molecular formula is C24H32ClN3O2. The normalized spacial score (nSPS) is 18.4. The second kappa shape index (κ2) is 10.1. The zero-order valence-electron chi connectivity index (χ0n) is 17.9. The van der Waals surface area contributed by atoms with E-state index in [9.17, 15) is 9.59 Å². The van der Waals surface area contributed by atoms with E-state index in [0.717, 1.165) is 19.3 Å². The molecule has 1 aliphatic carbocycles. The third-order valence-electron chi connectivity index (χ3n) is 5.74. The summed E-state index contributed by atoms with van der Waals surface area (Å²) in [4.78, 5) is 25.5. The minimum atomic E-state index is -0.201. The molecular weight excluding hydrogens is 398 g/mol. The van der Waals surface area contributed by atoms with E-state index in [-0.39, 0.29) is 41.5 Å². The Hall–Kier alpha value is -2.37. The van der Waals surface area contributed by atoms with E-state index in [1.165, 1.54) is 5.56 Å². The lowest BCUT2D eigenvalue weighted by Gasteiger charge is -2.20. The maximum Gasteiger partial charge on any atom is 0.255 e. The average Bonchev–Trinajstić information content (AvgIpc) is 3.18. The molecule has 3 rings (SSSR count). The Morgan fingerprint density at radius 1 is 0.967 bits per heavy atom. The number of anilines is 2. The van der Waals surface area contributed by atoms with Crippen molar-refractivity contribution in [2.45, 2.75) is 45.4 Å². The van der Waals surface area contributed by atoms with Gasteiger partial charge in [-0.1, -0.05) is 51.5 Å². The third kappa shape index (κ3) is 5.61. The summed E-state index contributed by atoms with van der Waals surface area (Å²) in [6.07, 6.45) is 2.89. The molecule has 2 aromatic rings. The van der Waals surface area contributed by atoms with Crippen LogP contribution in [0.2, 0.25) is 0 Å². The van der Waals surface area contributed by atoms with Crippen LogP contribution in [0.25, 0.3) is 0 Å². The Morgan fingerprint density at radius 3 is 2.13 bits per heavy atom. The van der Waals surface area contributed by atoms with Crippen molar-refractivity contribution < 1.29 is 9.59 Å². The quantitative estimate of drug-likeness (QED) is 0.627. The first-order chi connectivity index (χ1) is 13.8. The van der Waals surface area contributed by atoms with E-state index in [1.807, 2.05) is 42.5 Å². The number of hydrogen-bond donors (Lipinski definition) is 3. The van der Waals surface area contributed by atoms with Crippen molar-refractivity contribution in [1.82, 2.24) is 0 Å². The molecule has 1 saturated carbocycles. The van der Waals surface area contributed by atoms with Gasteiger partial charge in [0.05, 0.1) is 11.4 Å². The van der Waals surface area contributed by atoms with Crippen LogP contribution >= 0.6 is 12.4 Å². The highest BCUT2D eigenvalue weighted by atomic mass is 35.5. The molecule has 0 aliphatic heterocycles. The van der Waals surface area contributed by atoms with Crippen LogP contribution < -0.4 is 16.4 Å². The number of rotatable bonds is 5. The molecule has 0 saturated heterocycles. The Labute approximate surface area is 185 Å². The van der Waals surface area contributed by atoms with Crippen molar-refractivity contribution in [2.24, 2.45) is 17.6 Å². The Balaban J connectivity index is 0.00000320. The number of amides is 2. The van der Waals surface area contributed by atoms with Crippen molar-refractivity contribution in [3.05, 3.63) is 59.7 Å². The van der Waals surface area contributed by atoms with Gasteiger partial charge < -0.3 is 16.4 Å². The number of nitrogens with two attached hydrogens (primary N) is 1. The summed E-state index contributed by atoms with van der Waals surface area (Å²) in [5.41, 5.74) is 8.81. The largest absolute Gasteiger partial charge is 0.330 e. The lowest BCUT2D eigenvalue weighted by Crippen LogP contribution is -2.30. The van der Waals surface area contributed by atoms with Crippen molar-refractivity contribution >= 4 is 35.6 Å². The summed E-state index contributed by atoms with van der Waals surface area (Å²) in [6.45, 7) is 6.95. The van der Waals surface area contributed by atoms with Crippen molar-refractivity contribution in [3.8, 4) is 0 Å². The van der Waals surface area contributed by atoms with Crippen LogP contribution in [0, 0.1) is 11.8 Å². The molecule has 5 nitrogen and oxygen atoms in total. The Bertz CT molecular complexity index is 875. The number of carbonyl (C=O) groups excluding carboxylic acids is 2. The van der Waals surface area contributed by atoms with Crippen LogP contribution in [0.3, 0.4) is 0 Å². The molecule has 0 radical (unpaired) electrons. The molecule has 4 N–H and O–H groups in total. The molecule has 0 heterocycles. The van der Waals surface area contributed by atoms with Crippen LogP contribution in [0.5, 0.6) is 0 Å². The first-order valence-corrected chi connectivity index (χ1v) is 10.3. The molecule has 0 aromatic heterocycles. The van der Waals surface area contributed by atoms with E-state index < -0.39 is 0 Å². The number of nitrogens with one attached hydrogen (secondary N) is 2. The number of benzene rings is 2. The van der Waals surface area contributed by atoms with Gasteiger partial charge >= 0.3 is 0 Å². The predicted molar refractivity (Wildman–Crippen MR) is 125 cm³/mol. The lowest BCUT2D eigenvalue weighted by molar-refractivity contribution is -0.120. The first kappa shape index (κ1) is 23.9. The second-order valence-electron chi connectivity index (χ2n) is 8.85. The highest BCUT2D eigenvalue weighted by molar-refractivity contribution is 6.07. The van der Waals surface area contributed by atoms with E-state index in [2.05, 4.69) is 31.4 Å². The van der Waals surface area contributed by atoms with Gasteiger partial charge in [-0.05, 0) is 60.5 Å². The fourth-order valence-corrected chi connectivity index (χ4v) is 3.91. The van der Waals surface area contributed by atoms with Gasteiger partial charge in [0.1, 0.15) is 0 Å². The Morgan fingerprint density at radius 2 is 1.57 bits per heavy atom. The fraction of sp³-hybridized carbons (Fsp3) is 0.417. The molecule has 2 aromatic carbocycles. The monoisotopic (exact) mass is 429 g/mol. The SMILES string of the molecule is CC(C)(C)c1ccc(C(=O)Nc2ccccc2NC(=O)[C@@H]2CCC[C@@H]2CN)cc1.Cl. The van der Waals surface area contributed by atoms with Crippen molar-refractivity contribution in [2.75, 3.05) is 17.2 Å². The summed E-state index contributed by atoms with van der Waals surface area (Å²) < 4.78 is 0. The van der Waals surface area contributed by atoms with Crippen LogP contribution in [0.1, 0.15) is 56.0 Å². The average molecular weight is 430 g/mol. The van der Waals surface area contributed by atoms with Gasteiger partial charge in [0.25, 0.3) is 5.91 Å². The maximum atomic E-state index is 12.7. The highest BCUT2D eigenvalue weighted by Crippen LogP contribution is 2.33. The van der Waals surface area contributed by atoms with E-state index >= 15 is 0 Å². The molecule has 0 unspecified atom stereocenters. The number of para-hydroxylation sites is 2. The summed E-state index contributed by atoms with van der Waals surface area (Å²) in [7, 11) is 0. The molecule has 0 spiro atoms. The zero-order chi connectivity index (χ0) is 21.0. The van der Waals surface area contributed by atoms with Gasteiger partial charge in [0.2, 0.25) is 5.91 Å². The molecule has 2 atom stereocenters. The minimum absolute atomic E-state index is 0. The predicted octanol–water partition coefficient (Wildman–Crippen LogP) is 4.97. The smallest absolute Gasteiger partial charge is 0.255 e. The van der Waals surface area contributed by atoms with E-state index in [0.29, 0.717) is 23.5 Å². The van der Waals surface area contributed by atoms with E-state index in [1.54, 1.807) is 6.07 Å². The number of carbonyl (C=O) groups is 2. The molecule has 2 amide bonds. The standard InChI is InChI=1S/C24H31N3O2.ClH/c1-24(2,3)18-13-11-16(12-14-18)22(28)26-20-9-4-5-10-21(20)27-23(29)19-8-6-7-17(19)15-25;/h4-5,9-14,17,19H,6-8,15,25H2,1-3H3,(H,26,28)(H,27,29);1H/t17-,19-;/m1./s1. The van der Waals surface area contributed by atoms with Crippen LogP contribution in [-0.4, -0.2) is 18.4 Å². The second-order valence-corrected chi connectivity index (χ2v) is 8.85. The topological polar surface area (TPSA) is 84.2 Å². The molecule has 162 valence electrons. The molecule has 6 heteroatoms. The molecule has 1 aliphatic rings. The van der Waals surface area contributed by atoms with Gasteiger partial charge in [-0.3, -0.25) is 9.59 Å². The summed E-state index contributed by atoms with van der Waals surface area (Å²) in [5, 5.41) is 5.92. The lowest BCUT2D eigenvalue weighted by atomic mass is 9.87. The van der Waals surface area contributed by atoms with Crippen molar-refractivity contribution in [1.29, 1.82) is 0 Å². The van der Waals surface area contributed by atoms with Gasteiger partial charge in [0, 0.05) is 11.5 Å². The van der Waals surface area contributed by atoms with Gasteiger partial charge in [0.15, 0.2) is 0 Å². The third-order valence-corrected chi connectivity index (χ3v) is 5.74.